The van der Waals surface area contributed by atoms with Crippen LogP contribution in [0.2, 0.25) is 5.02 Å². The van der Waals surface area contributed by atoms with Crippen LogP contribution < -0.4 is 5.32 Å². The summed E-state index contributed by atoms with van der Waals surface area (Å²) in [6, 6.07) is 10.9. The lowest BCUT2D eigenvalue weighted by molar-refractivity contribution is 0.627. The summed E-state index contributed by atoms with van der Waals surface area (Å²) in [6.07, 6.45) is 0. The van der Waals surface area contributed by atoms with Gasteiger partial charge >= 0.3 is 0 Å². The minimum atomic E-state index is -0.210. The minimum absolute atomic E-state index is 0.210. The average Bonchev–Trinajstić information content (AvgIpc) is 2.36. The van der Waals surface area contributed by atoms with E-state index in [9.17, 15) is 4.39 Å². The van der Waals surface area contributed by atoms with Gasteiger partial charge < -0.3 is 5.32 Å². The van der Waals surface area contributed by atoms with Gasteiger partial charge in [0.05, 0.1) is 0 Å². The number of benzene rings is 2. The zero-order valence-electron chi connectivity index (χ0n) is 11.1. The predicted octanol–water partition coefficient (Wildman–Crippen LogP) is 4.56. The Morgan fingerprint density at radius 2 is 1.89 bits per heavy atom. The molecule has 0 fully saturated rings. The van der Waals surface area contributed by atoms with Crippen molar-refractivity contribution < 1.29 is 4.39 Å². The molecule has 100 valence electrons. The fraction of sp³-hybridized carbons (Fsp3) is 0.250. The molecule has 0 spiro atoms. The Balaban J connectivity index is 2.39. The lowest BCUT2D eigenvalue weighted by Crippen LogP contribution is -2.12. The molecule has 1 nitrogen and oxygen atoms in total. The Bertz CT molecular complexity index is 561. The molecule has 0 aliphatic heterocycles. The van der Waals surface area contributed by atoms with Gasteiger partial charge in [-0.15, -0.1) is 0 Å². The molecule has 0 heterocycles. The predicted molar refractivity (Wildman–Crippen MR) is 79.0 cm³/mol. The van der Waals surface area contributed by atoms with Gasteiger partial charge in [0.15, 0.2) is 0 Å². The molecule has 19 heavy (non-hydrogen) atoms. The lowest BCUT2D eigenvalue weighted by atomic mass is 10.0. The van der Waals surface area contributed by atoms with Crippen LogP contribution in [0.3, 0.4) is 0 Å². The molecule has 0 aliphatic rings. The van der Waals surface area contributed by atoms with Crippen LogP contribution in [0, 0.1) is 12.7 Å². The lowest BCUT2D eigenvalue weighted by Gasteiger charge is -2.09. The summed E-state index contributed by atoms with van der Waals surface area (Å²) in [7, 11) is 0. The summed E-state index contributed by atoms with van der Waals surface area (Å²) in [6.45, 7) is 5.55. The SMILES string of the molecule is CCNCc1cc(-c2cc(C)cc(F)c2)ccc1Cl. The summed E-state index contributed by atoms with van der Waals surface area (Å²) in [5.74, 6) is -0.210. The number of halogens is 2. The van der Waals surface area contributed by atoms with Gasteiger partial charge in [-0.05, 0) is 60.0 Å². The van der Waals surface area contributed by atoms with Crippen LogP contribution in [-0.4, -0.2) is 6.54 Å². The highest BCUT2D eigenvalue weighted by Crippen LogP contribution is 2.26. The summed E-state index contributed by atoms with van der Waals surface area (Å²) in [4.78, 5) is 0. The molecule has 0 saturated heterocycles. The van der Waals surface area contributed by atoms with Gasteiger partial charge in [0.25, 0.3) is 0 Å². The van der Waals surface area contributed by atoms with Crippen molar-refractivity contribution in [3.05, 3.63) is 58.4 Å². The number of rotatable bonds is 4. The molecular weight excluding hydrogens is 261 g/mol. The van der Waals surface area contributed by atoms with Gasteiger partial charge in [-0.25, -0.2) is 4.39 Å². The maximum absolute atomic E-state index is 13.5. The molecule has 2 rings (SSSR count). The van der Waals surface area contributed by atoms with E-state index in [4.69, 9.17) is 11.6 Å². The molecule has 0 aromatic heterocycles. The van der Waals surface area contributed by atoms with Crippen LogP contribution in [0.15, 0.2) is 36.4 Å². The van der Waals surface area contributed by atoms with Gasteiger partial charge in [0, 0.05) is 11.6 Å². The highest BCUT2D eigenvalue weighted by atomic mass is 35.5. The van der Waals surface area contributed by atoms with Crippen LogP contribution >= 0.6 is 11.6 Å². The monoisotopic (exact) mass is 277 g/mol. The standard InChI is InChI=1S/C16H17ClFN/c1-3-19-10-14-8-12(4-5-16(14)17)13-6-11(2)7-15(18)9-13/h4-9,19H,3,10H2,1-2H3. The Morgan fingerprint density at radius 3 is 2.58 bits per heavy atom. The van der Waals surface area contributed by atoms with E-state index in [1.54, 1.807) is 6.07 Å². The summed E-state index contributed by atoms with van der Waals surface area (Å²) < 4.78 is 13.5. The van der Waals surface area contributed by atoms with Gasteiger partial charge in [-0.1, -0.05) is 30.7 Å². The number of hydrogen-bond acceptors (Lipinski definition) is 1. The average molecular weight is 278 g/mol. The van der Waals surface area contributed by atoms with Crippen molar-refractivity contribution >= 4 is 11.6 Å². The highest BCUT2D eigenvalue weighted by Gasteiger charge is 2.05. The van der Waals surface area contributed by atoms with E-state index < -0.39 is 0 Å². The number of aryl methyl sites for hydroxylation is 1. The van der Waals surface area contributed by atoms with E-state index in [2.05, 4.69) is 5.32 Å². The Kier molecular flexibility index (Phi) is 4.56. The number of hydrogen-bond donors (Lipinski definition) is 1. The maximum Gasteiger partial charge on any atom is 0.124 e. The molecule has 0 bridgehead atoms. The molecule has 0 amide bonds. The second-order valence-electron chi connectivity index (χ2n) is 4.60. The second-order valence-corrected chi connectivity index (χ2v) is 5.01. The number of nitrogens with one attached hydrogen (secondary N) is 1. The van der Waals surface area contributed by atoms with Crippen molar-refractivity contribution in [2.24, 2.45) is 0 Å². The summed E-state index contributed by atoms with van der Waals surface area (Å²) >= 11 is 6.17. The molecule has 2 aromatic carbocycles. The molecular formula is C16H17ClFN. The van der Waals surface area contributed by atoms with Crippen molar-refractivity contribution in [2.75, 3.05) is 6.54 Å². The third-order valence-corrected chi connectivity index (χ3v) is 3.36. The first kappa shape index (κ1) is 14.0. The van der Waals surface area contributed by atoms with Crippen molar-refractivity contribution in [2.45, 2.75) is 20.4 Å². The maximum atomic E-state index is 13.5. The molecule has 2 aromatic rings. The van der Waals surface area contributed by atoms with Crippen LogP contribution in [0.25, 0.3) is 11.1 Å². The van der Waals surface area contributed by atoms with Gasteiger partial charge in [-0.2, -0.15) is 0 Å². The van der Waals surface area contributed by atoms with Gasteiger partial charge in [0.1, 0.15) is 5.82 Å². The molecule has 0 unspecified atom stereocenters. The fourth-order valence-electron chi connectivity index (χ4n) is 2.05. The first-order valence-corrected chi connectivity index (χ1v) is 6.74. The van der Waals surface area contributed by atoms with Crippen molar-refractivity contribution in [1.29, 1.82) is 0 Å². The Morgan fingerprint density at radius 1 is 1.11 bits per heavy atom. The molecule has 0 saturated carbocycles. The van der Waals surface area contributed by atoms with Crippen LogP contribution in [0.4, 0.5) is 4.39 Å². The third kappa shape index (κ3) is 3.55. The van der Waals surface area contributed by atoms with Crippen molar-refractivity contribution in [1.82, 2.24) is 5.32 Å². The van der Waals surface area contributed by atoms with E-state index in [-0.39, 0.29) is 5.82 Å². The van der Waals surface area contributed by atoms with Gasteiger partial charge in [-0.3, -0.25) is 0 Å². The smallest absolute Gasteiger partial charge is 0.124 e. The van der Waals surface area contributed by atoms with Crippen LogP contribution in [-0.2, 0) is 6.54 Å². The highest BCUT2D eigenvalue weighted by molar-refractivity contribution is 6.31. The normalized spacial score (nSPS) is 10.7. The largest absolute Gasteiger partial charge is 0.313 e. The Labute approximate surface area is 118 Å². The fourth-order valence-corrected chi connectivity index (χ4v) is 2.24. The quantitative estimate of drug-likeness (QED) is 0.864. The van der Waals surface area contributed by atoms with Crippen molar-refractivity contribution in [3.63, 3.8) is 0 Å². The Hall–Kier alpha value is -1.38. The molecule has 0 radical (unpaired) electrons. The summed E-state index contributed by atoms with van der Waals surface area (Å²) in [5.41, 5.74) is 3.81. The third-order valence-electron chi connectivity index (χ3n) is 2.99. The zero-order valence-corrected chi connectivity index (χ0v) is 11.9. The first-order valence-electron chi connectivity index (χ1n) is 6.37. The minimum Gasteiger partial charge on any atom is -0.313 e. The van der Waals surface area contributed by atoms with E-state index >= 15 is 0 Å². The first-order chi connectivity index (χ1) is 9.10. The van der Waals surface area contributed by atoms with Crippen molar-refractivity contribution in [3.8, 4) is 11.1 Å². The van der Waals surface area contributed by atoms with Gasteiger partial charge in [0.2, 0.25) is 0 Å². The second kappa shape index (κ2) is 6.18. The van der Waals surface area contributed by atoms with Crippen LogP contribution in [0.1, 0.15) is 18.1 Å². The van der Waals surface area contributed by atoms with Crippen LogP contribution in [0.5, 0.6) is 0 Å². The summed E-state index contributed by atoms with van der Waals surface area (Å²) in [5, 5.41) is 3.98. The molecule has 1 N–H and O–H groups in total. The van der Waals surface area contributed by atoms with E-state index in [0.29, 0.717) is 0 Å². The topological polar surface area (TPSA) is 12.0 Å². The molecule has 3 heteroatoms. The van der Waals surface area contributed by atoms with E-state index in [1.807, 2.05) is 38.1 Å². The van der Waals surface area contributed by atoms with E-state index in [1.165, 1.54) is 6.07 Å². The molecule has 0 aliphatic carbocycles. The molecule has 0 atom stereocenters. The van der Waals surface area contributed by atoms with E-state index in [0.717, 1.165) is 40.4 Å². The zero-order chi connectivity index (χ0) is 13.8.